The summed E-state index contributed by atoms with van der Waals surface area (Å²) in [6, 6.07) is 19.9. The number of hydrogen-bond acceptors (Lipinski definition) is 2. The van der Waals surface area contributed by atoms with Crippen molar-refractivity contribution in [3.8, 4) is 11.1 Å². The molecule has 2 heteroatoms. The van der Waals surface area contributed by atoms with Crippen molar-refractivity contribution in [2.75, 3.05) is 13.1 Å². The molecule has 1 unspecified atom stereocenters. The zero-order valence-corrected chi connectivity index (χ0v) is 13.4. The smallest absolute Gasteiger partial charge is 0.0233 e. The summed E-state index contributed by atoms with van der Waals surface area (Å²) in [5, 5.41) is 0. The molecule has 0 aromatic heterocycles. The van der Waals surface area contributed by atoms with Crippen LogP contribution in [0, 0.1) is 5.92 Å². The summed E-state index contributed by atoms with van der Waals surface area (Å²) in [5.74, 6) is 0.705. The Morgan fingerprint density at radius 1 is 0.955 bits per heavy atom. The number of likely N-dealkylation sites (tertiary alicyclic amines) is 1. The van der Waals surface area contributed by atoms with E-state index in [-0.39, 0.29) is 0 Å². The molecular formula is C20H26N2. The SMILES string of the molecule is CC(N)C1CCN(Cc2ccc(-c3ccccc3)cc2)CC1. The highest BCUT2D eigenvalue weighted by atomic mass is 15.1. The second-order valence-electron chi connectivity index (χ2n) is 6.54. The van der Waals surface area contributed by atoms with Crippen molar-refractivity contribution >= 4 is 0 Å². The molecule has 1 saturated heterocycles. The first-order valence-corrected chi connectivity index (χ1v) is 8.34. The lowest BCUT2D eigenvalue weighted by atomic mass is 9.91. The first kappa shape index (κ1) is 15.3. The van der Waals surface area contributed by atoms with Gasteiger partial charge in [0.15, 0.2) is 0 Å². The van der Waals surface area contributed by atoms with Crippen LogP contribution in [0.15, 0.2) is 54.6 Å². The van der Waals surface area contributed by atoms with E-state index in [4.69, 9.17) is 5.73 Å². The Kier molecular flexibility index (Phi) is 4.91. The minimum atomic E-state index is 0.340. The zero-order valence-electron chi connectivity index (χ0n) is 13.4. The molecule has 22 heavy (non-hydrogen) atoms. The average molecular weight is 294 g/mol. The molecule has 0 saturated carbocycles. The molecule has 0 amide bonds. The highest BCUT2D eigenvalue weighted by Crippen LogP contribution is 2.23. The summed E-state index contributed by atoms with van der Waals surface area (Å²) in [5.41, 5.74) is 10.00. The molecule has 2 aromatic rings. The van der Waals surface area contributed by atoms with Crippen molar-refractivity contribution in [1.29, 1.82) is 0 Å². The van der Waals surface area contributed by atoms with Gasteiger partial charge in [0.05, 0.1) is 0 Å². The van der Waals surface area contributed by atoms with Crippen molar-refractivity contribution < 1.29 is 0 Å². The van der Waals surface area contributed by atoms with Gasteiger partial charge in [-0.15, -0.1) is 0 Å². The van der Waals surface area contributed by atoms with Crippen LogP contribution in [0.4, 0.5) is 0 Å². The molecule has 0 spiro atoms. The Balaban J connectivity index is 1.58. The molecule has 2 nitrogen and oxygen atoms in total. The summed E-state index contributed by atoms with van der Waals surface area (Å²) in [6.45, 7) is 5.54. The van der Waals surface area contributed by atoms with Crippen molar-refractivity contribution in [1.82, 2.24) is 4.90 Å². The molecule has 1 atom stereocenters. The fraction of sp³-hybridized carbons (Fsp3) is 0.400. The van der Waals surface area contributed by atoms with Gasteiger partial charge in [-0.05, 0) is 55.5 Å². The first-order valence-electron chi connectivity index (χ1n) is 8.34. The summed E-state index contributed by atoms with van der Waals surface area (Å²) >= 11 is 0. The van der Waals surface area contributed by atoms with E-state index in [1.165, 1.54) is 42.6 Å². The third-order valence-electron chi connectivity index (χ3n) is 4.84. The number of hydrogen-bond donors (Lipinski definition) is 1. The monoisotopic (exact) mass is 294 g/mol. The zero-order chi connectivity index (χ0) is 15.4. The van der Waals surface area contributed by atoms with Crippen LogP contribution >= 0.6 is 0 Å². The molecule has 2 N–H and O–H groups in total. The quantitative estimate of drug-likeness (QED) is 0.926. The summed E-state index contributed by atoms with van der Waals surface area (Å²) < 4.78 is 0. The van der Waals surface area contributed by atoms with E-state index < -0.39 is 0 Å². The van der Waals surface area contributed by atoms with Gasteiger partial charge in [-0.25, -0.2) is 0 Å². The number of rotatable bonds is 4. The van der Waals surface area contributed by atoms with Crippen LogP contribution < -0.4 is 5.73 Å². The summed E-state index contributed by atoms with van der Waals surface area (Å²) in [7, 11) is 0. The minimum Gasteiger partial charge on any atom is -0.328 e. The Hall–Kier alpha value is -1.64. The molecule has 0 radical (unpaired) electrons. The Morgan fingerprint density at radius 2 is 1.55 bits per heavy atom. The van der Waals surface area contributed by atoms with Crippen LogP contribution in [0.25, 0.3) is 11.1 Å². The molecule has 2 aromatic carbocycles. The summed E-state index contributed by atoms with van der Waals surface area (Å²) in [6.07, 6.45) is 2.47. The predicted octanol–water partition coefficient (Wildman–Crippen LogP) is 3.91. The number of nitrogens with zero attached hydrogens (tertiary/aromatic N) is 1. The molecule has 1 heterocycles. The van der Waals surface area contributed by atoms with Crippen molar-refractivity contribution in [2.24, 2.45) is 11.7 Å². The summed E-state index contributed by atoms with van der Waals surface area (Å²) in [4.78, 5) is 2.55. The largest absolute Gasteiger partial charge is 0.328 e. The molecule has 116 valence electrons. The normalized spacial score (nSPS) is 18.3. The van der Waals surface area contributed by atoms with Crippen LogP contribution in [0.5, 0.6) is 0 Å². The average Bonchev–Trinajstić information content (AvgIpc) is 2.57. The molecular weight excluding hydrogens is 268 g/mol. The van der Waals surface area contributed by atoms with Crippen LogP contribution in [0.1, 0.15) is 25.3 Å². The maximum Gasteiger partial charge on any atom is 0.0233 e. The maximum atomic E-state index is 6.02. The van der Waals surface area contributed by atoms with E-state index in [1.807, 2.05) is 0 Å². The van der Waals surface area contributed by atoms with Gasteiger partial charge >= 0.3 is 0 Å². The maximum absolute atomic E-state index is 6.02. The van der Waals surface area contributed by atoms with Crippen LogP contribution in [-0.2, 0) is 6.54 Å². The number of nitrogens with two attached hydrogens (primary N) is 1. The molecule has 1 aliphatic heterocycles. The van der Waals surface area contributed by atoms with E-state index in [1.54, 1.807) is 0 Å². The second-order valence-corrected chi connectivity index (χ2v) is 6.54. The lowest BCUT2D eigenvalue weighted by Crippen LogP contribution is -2.39. The molecule has 0 bridgehead atoms. The number of benzene rings is 2. The first-order chi connectivity index (χ1) is 10.7. The van der Waals surface area contributed by atoms with Gasteiger partial charge in [0.2, 0.25) is 0 Å². The molecule has 3 rings (SSSR count). The Bertz CT molecular complexity index is 566. The topological polar surface area (TPSA) is 29.3 Å². The van der Waals surface area contributed by atoms with E-state index in [9.17, 15) is 0 Å². The lowest BCUT2D eigenvalue weighted by Gasteiger charge is -2.33. The standard InChI is InChI=1S/C20H26N2/c1-16(21)18-11-13-22(14-12-18)15-17-7-9-20(10-8-17)19-5-3-2-4-6-19/h2-10,16,18H,11-15,21H2,1H3. The van der Waals surface area contributed by atoms with Crippen LogP contribution in [0.2, 0.25) is 0 Å². The highest BCUT2D eigenvalue weighted by Gasteiger charge is 2.21. The van der Waals surface area contributed by atoms with Crippen LogP contribution in [0.3, 0.4) is 0 Å². The van der Waals surface area contributed by atoms with Gasteiger partial charge in [0, 0.05) is 12.6 Å². The van der Waals surface area contributed by atoms with E-state index in [0.29, 0.717) is 12.0 Å². The Morgan fingerprint density at radius 3 is 2.14 bits per heavy atom. The van der Waals surface area contributed by atoms with Gasteiger partial charge in [0.1, 0.15) is 0 Å². The fourth-order valence-corrected chi connectivity index (χ4v) is 3.33. The van der Waals surface area contributed by atoms with Crippen molar-refractivity contribution in [3.63, 3.8) is 0 Å². The van der Waals surface area contributed by atoms with Gasteiger partial charge in [0.25, 0.3) is 0 Å². The third-order valence-corrected chi connectivity index (χ3v) is 4.84. The lowest BCUT2D eigenvalue weighted by molar-refractivity contribution is 0.166. The molecule has 0 aliphatic carbocycles. The highest BCUT2D eigenvalue weighted by molar-refractivity contribution is 5.63. The van der Waals surface area contributed by atoms with Gasteiger partial charge in [-0.3, -0.25) is 4.90 Å². The number of piperidine rings is 1. The fourth-order valence-electron chi connectivity index (χ4n) is 3.33. The molecule has 1 fully saturated rings. The third kappa shape index (κ3) is 3.76. The second kappa shape index (κ2) is 7.08. The van der Waals surface area contributed by atoms with Gasteiger partial charge < -0.3 is 5.73 Å². The van der Waals surface area contributed by atoms with Crippen molar-refractivity contribution in [3.05, 3.63) is 60.2 Å². The Labute approximate surface area is 134 Å². The van der Waals surface area contributed by atoms with E-state index >= 15 is 0 Å². The van der Waals surface area contributed by atoms with Crippen LogP contribution in [-0.4, -0.2) is 24.0 Å². The minimum absolute atomic E-state index is 0.340. The van der Waals surface area contributed by atoms with E-state index in [0.717, 1.165) is 6.54 Å². The van der Waals surface area contributed by atoms with E-state index in [2.05, 4.69) is 66.4 Å². The van der Waals surface area contributed by atoms with Gasteiger partial charge in [-0.2, -0.15) is 0 Å². The van der Waals surface area contributed by atoms with Crippen molar-refractivity contribution in [2.45, 2.75) is 32.4 Å². The predicted molar refractivity (Wildman–Crippen MR) is 93.5 cm³/mol. The molecule has 1 aliphatic rings. The van der Waals surface area contributed by atoms with Gasteiger partial charge in [-0.1, -0.05) is 54.6 Å².